The van der Waals surface area contributed by atoms with Crippen molar-refractivity contribution < 1.29 is 34.8 Å². The number of benzene rings is 4. The number of piperazine rings is 1. The first-order valence-corrected chi connectivity index (χ1v) is 28.3. The van der Waals surface area contributed by atoms with Crippen molar-refractivity contribution in [2.75, 3.05) is 81.4 Å². The Morgan fingerprint density at radius 3 is 2.14 bits per heavy atom. The molecule has 3 aliphatic rings. The molecule has 2 fully saturated rings. The molecule has 0 saturated carbocycles. The molecule has 1 amide bonds. The van der Waals surface area contributed by atoms with E-state index in [-0.39, 0.29) is 22.2 Å². The molecular weight excluding hydrogens is 977 g/mol. The van der Waals surface area contributed by atoms with Crippen LogP contribution >= 0.6 is 23.4 Å². The van der Waals surface area contributed by atoms with Crippen LogP contribution in [0.25, 0.3) is 5.57 Å². The summed E-state index contributed by atoms with van der Waals surface area (Å²) in [4.78, 5) is 21.7. The van der Waals surface area contributed by atoms with Crippen molar-refractivity contribution in [3.05, 3.63) is 119 Å². The number of sulfone groups is 1. The highest BCUT2D eigenvalue weighted by atomic mass is 35.5. The third-order valence-electron chi connectivity index (χ3n) is 13.6. The monoisotopic (exact) mass is 1040 g/mol. The molecule has 1 unspecified atom stereocenters. The van der Waals surface area contributed by atoms with Gasteiger partial charge in [-0.2, -0.15) is 13.2 Å². The molecular formula is C52H66ClF3N6O5S3. The van der Waals surface area contributed by atoms with Crippen molar-refractivity contribution in [3.63, 3.8) is 0 Å². The van der Waals surface area contributed by atoms with Gasteiger partial charge in [-0.05, 0) is 136 Å². The largest absolute Gasteiger partial charge is 0.501 e. The number of anilines is 2. The minimum atomic E-state index is -6.06. The van der Waals surface area contributed by atoms with Gasteiger partial charge in [-0.3, -0.25) is 14.6 Å². The average Bonchev–Trinajstić information content (AvgIpc) is 3.55. The Morgan fingerprint density at radius 2 is 1.49 bits per heavy atom. The molecule has 70 heavy (non-hydrogen) atoms. The Bertz CT molecular complexity index is 2690. The van der Waals surface area contributed by atoms with Crippen LogP contribution in [0.3, 0.4) is 0 Å². The van der Waals surface area contributed by atoms with Gasteiger partial charge in [0.05, 0.1) is 10.6 Å². The van der Waals surface area contributed by atoms with E-state index in [0.717, 1.165) is 107 Å². The van der Waals surface area contributed by atoms with Gasteiger partial charge >= 0.3 is 5.51 Å². The second-order valence-corrected chi connectivity index (χ2v) is 25.5. The number of amides is 1. The number of nitrogens with zero attached hydrogens (tertiary/aromatic N) is 4. The van der Waals surface area contributed by atoms with Crippen molar-refractivity contribution in [3.8, 4) is 0 Å². The molecule has 11 nitrogen and oxygen atoms in total. The van der Waals surface area contributed by atoms with Gasteiger partial charge in [0.2, 0.25) is 0 Å². The summed E-state index contributed by atoms with van der Waals surface area (Å²) in [7, 11) is -10.9. The number of halogens is 4. The van der Waals surface area contributed by atoms with Crippen LogP contribution in [0, 0.1) is 5.41 Å². The van der Waals surface area contributed by atoms with Gasteiger partial charge in [-0.25, -0.2) is 21.6 Å². The molecule has 1 aliphatic carbocycles. The molecule has 2 aliphatic heterocycles. The molecule has 0 spiro atoms. The number of hydrogen-bond donors (Lipinski definition) is 2. The average molecular weight is 1040 g/mol. The summed E-state index contributed by atoms with van der Waals surface area (Å²) in [6, 6.07) is 26.1. The first-order chi connectivity index (χ1) is 33.0. The van der Waals surface area contributed by atoms with Crippen LogP contribution in [0.15, 0.2) is 117 Å². The van der Waals surface area contributed by atoms with E-state index in [4.69, 9.17) is 11.6 Å². The molecule has 2 heterocycles. The molecule has 2 saturated heterocycles. The quantitative estimate of drug-likeness (QED) is 0.104. The Hall–Kier alpha value is -4.10. The number of thioether (sulfide) groups is 1. The van der Waals surface area contributed by atoms with Crippen molar-refractivity contribution in [2.45, 2.75) is 98.5 Å². The number of allylic oxidation sites excluding steroid dienone is 1. The lowest BCUT2D eigenvalue weighted by molar-refractivity contribution is -0.0435. The highest BCUT2D eigenvalue weighted by Crippen LogP contribution is 2.43. The molecule has 2 N–H and O–H groups in total. The van der Waals surface area contributed by atoms with Crippen LogP contribution in [0.1, 0.15) is 82.6 Å². The lowest BCUT2D eigenvalue weighted by atomic mass is 9.73. The summed E-state index contributed by atoms with van der Waals surface area (Å²) in [5.41, 5.74) is -0.956. The molecule has 18 heteroatoms. The molecule has 7 rings (SSSR count). The summed E-state index contributed by atoms with van der Waals surface area (Å²) >= 11 is 7.69. The summed E-state index contributed by atoms with van der Waals surface area (Å²) in [5.74, 6) is -0.635. The molecule has 0 aromatic heterocycles. The number of alkyl halides is 3. The third kappa shape index (κ3) is 13.9. The molecule has 0 radical (unpaired) electrons. The van der Waals surface area contributed by atoms with Gasteiger partial charge < -0.3 is 15.1 Å². The zero-order valence-corrected chi connectivity index (χ0v) is 43.9. The highest BCUT2D eigenvalue weighted by molar-refractivity contribution is 7.99. The smallest absolute Gasteiger partial charge is 0.380 e. The third-order valence-corrected chi connectivity index (χ3v) is 17.9. The number of sulfonamides is 1. The van der Waals surface area contributed by atoms with Crippen LogP contribution in [0.5, 0.6) is 0 Å². The van der Waals surface area contributed by atoms with Gasteiger partial charge in [0, 0.05) is 104 Å². The van der Waals surface area contributed by atoms with Crippen LogP contribution in [-0.2, 0) is 19.9 Å². The normalized spacial score (nSPS) is 18.6. The number of nitrogens with one attached hydrogen (secondary N) is 2. The maximum absolute atomic E-state index is 14.3. The van der Waals surface area contributed by atoms with E-state index < -0.39 is 47.1 Å². The van der Waals surface area contributed by atoms with Crippen molar-refractivity contribution in [1.29, 1.82) is 0 Å². The first kappa shape index (κ1) is 53.7. The molecule has 380 valence electrons. The predicted octanol–water partition coefficient (Wildman–Crippen LogP) is 10.3. The SMILES string of the molecule is CC1(C)CCC(c2ccc(Cl)cc2)=C(CN2CCCN(c3ccc(C(=O)NS(=O)(=O)c4ccc(NC(CCN5CCN(C(C)(C)C)CC5)CSc5ccccc5)c(S(=O)(=O)C(F)(F)F)c4)cc3)CC2)C1. The Balaban J connectivity index is 1.03. The second-order valence-electron chi connectivity index (χ2n) is 20.4. The second kappa shape index (κ2) is 22.3. The minimum Gasteiger partial charge on any atom is -0.380 e. The van der Waals surface area contributed by atoms with Crippen LogP contribution in [-0.4, -0.2) is 126 Å². The molecule has 4 aromatic carbocycles. The maximum Gasteiger partial charge on any atom is 0.501 e. The van der Waals surface area contributed by atoms with Gasteiger partial charge in [0.1, 0.15) is 4.90 Å². The molecule has 4 aromatic rings. The first-order valence-electron chi connectivity index (χ1n) is 24.0. The van der Waals surface area contributed by atoms with E-state index in [0.29, 0.717) is 29.8 Å². The fourth-order valence-corrected chi connectivity index (χ4v) is 12.7. The van der Waals surface area contributed by atoms with E-state index in [1.54, 1.807) is 12.1 Å². The van der Waals surface area contributed by atoms with E-state index in [9.17, 15) is 34.8 Å². The Kier molecular flexibility index (Phi) is 17.1. The maximum atomic E-state index is 14.3. The summed E-state index contributed by atoms with van der Waals surface area (Å²) in [6.07, 6.45) is 4.54. The number of carbonyl (C=O) groups is 1. The fourth-order valence-electron chi connectivity index (χ4n) is 9.53. The standard InChI is InChI=1S/C52H66ClF3N6O5S3/c1-50(2,3)62-32-29-59(30-33-62)27-23-42(37-68-44-10-7-6-8-11-44)57-47-21-20-45(34-48(47)69(64,65)52(54,55)56)70(66,67)58-49(63)39-14-18-43(19-15-39)61-26-9-25-60(28-31-61)36-40-35-51(4,5)24-22-46(40)38-12-16-41(53)17-13-38/h6-8,10-21,34,42,57H,9,22-33,35-37H2,1-5H3,(H,58,63). The van der Waals surface area contributed by atoms with Gasteiger partial charge in [0.25, 0.3) is 25.8 Å². The van der Waals surface area contributed by atoms with Crippen molar-refractivity contribution in [2.24, 2.45) is 5.41 Å². The Morgan fingerprint density at radius 1 is 0.814 bits per heavy atom. The zero-order chi connectivity index (χ0) is 50.5. The number of rotatable bonds is 16. The summed E-state index contributed by atoms with van der Waals surface area (Å²) in [5, 5.41) is 3.77. The molecule has 1 atom stereocenters. The highest BCUT2D eigenvalue weighted by Gasteiger charge is 2.48. The van der Waals surface area contributed by atoms with E-state index in [2.05, 4.69) is 71.7 Å². The van der Waals surface area contributed by atoms with Gasteiger partial charge in [-0.1, -0.05) is 61.4 Å². The lowest BCUT2D eigenvalue weighted by Crippen LogP contribution is -2.53. The van der Waals surface area contributed by atoms with Crippen LogP contribution < -0.4 is 14.9 Å². The van der Waals surface area contributed by atoms with Gasteiger partial charge in [0.15, 0.2) is 0 Å². The van der Waals surface area contributed by atoms with Crippen molar-refractivity contribution in [1.82, 2.24) is 19.4 Å². The van der Waals surface area contributed by atoms with Crippen molar-refractivity contribution >= 4 is 66.1 Å². The van der Waals surface area contributed by atoms with E-state index >= 15 is 0 Å². The van der Waals surface area contributed by atoms with E-state index in [1.165, 1.54) is 40.6 Å². The van der Waals surface area contributed by atoms with Gasteiger partial charge in [-0.15, -0.1) is 11.8 Å². The van der Waals surface area contributed by atoms with Crippen LogP contribution in [0.4, 0.5) is 24.5 Å². The topological polar surface area (TPSA) is 122 Å². The van der Waals surface area contributed by atoms with Crippen LogP contribution in [0.2, 0.25) is 5.02 Å². The molecule has 0 bridgehead atoms. The number of hydrogen-bond acceptors (Lipinski definition) is 11. The van der Waals surface area contributed by atoms with E-state index in [1.807, 2.05) is 47.2 Å². The summed E-state index contributed by atoms with van der Waals surface area (Å²) in [6.45, 7) is 19.2. The summed E-state index contributed by atoms with van der Waals surface area (Å²) < 4.78 is 98.7. The lowest BCUT2D eigenvalue weighted by Gasteiger charge is -2.42. The zero-order valence-electron chi connectivity index (χ0n) is 40.7. The Labute approximate surface area is 422 Å². The predicted molar refractivity (Wildman–Crippen MR) is 277 cm³/mol. The minimum absolute atomic E-state index is 0.00496. The number of carbonyl (C=O) groups excluding carboxylic acids is 1. The fraction of sp³-hybridized carbons (Fsp3) is 0.481.